The molecule has 0 saturated carbocycles. The topological polar surface area (TPSA) is 73.0 Å². The molecule has 1 atom stereocenters. The van der Waals surface area contributed by atoms with Crippen LogP contribution in [0.25, 0.3) is 0 Å². The second kappa shape index (κ2) is 10.8. The van der Waals surface area contributed by atoms with E-state index in [9.17, 15) is 14.4 Å². The molecule has 2 aromatic carbocycles. The molecule has 0 radical (unpaired) electrons. The van der Waals surface area contributed by atoms with Gasteiger partial charge in [0, 0.05) is 39.1 Å². The molecule has 2 heterocycles. The Hall–Kier alpha value is -2.90. The van der Waals surface area contributed by atoms with Crippen LogP contribution in [0.5, 0.6) is 0 Å². The molecule has 0 aliphatic carbocycles. The lowest BCUT2D eigenvalue weighted by atomic mass is 9.99. The summed E-state index contributed by atoms with van der Waals surface area (Å²) in [6.45, 7) is 3.06. The zero-order valence-corrected chi connectivity index (χ0v) is 19.3. The zero-order valence-electron chi connectivity index (χ0n) is 18.6. The number of rotatable bonds is 6. The molecule has 8 heteroatoms. The van der Waals surface area contributed by atoms with E-state index in [-0.39, 0.29) is 24.3 Å². The smallest absolute Gasteiger partial charge is 0.250 e. The van der Waals surface area contributed by atoms with Crippen molar-refractivity contribution in [2.75, 3.05) is 44.6 Å². The molecule has 2 fully saturated rings. The average Bonchev–Trinajstić information content (AvgIpc) is 2.83. The molecule has 2 aromatic rings. The van der Waals surface area contributed by atoms with E-state index in [0.717, 1.165) is 18.4 Å². The third kappa shape index (κ3) is 5.72. The monoisotopic (exact) mass is 468 g/mol. The first-order valence-corrected chi connectivity index (χ1v) is 11.8. The fourth-order valence-corrected chi connectivity index (χ4v) is 4.63. The van der Waals surface area contributed by atoms with Gasteiger partial charge in [0.25, 0.3) is 0 Å². The largest absolute Gasteiger partial charge is 0.338 e. The number of hydrogen-bond donors (Lipinski definition) is 1. The molecular formula is C25H29ClN4O3. The summed E-state index contributed by atoms with van der Waals surface area (Å²) in [7, 11) is 0. The van der Waals surface area contributed by atoms with E-state index in [0.29, 0.717) is 49.9 Å². The molecule has 7 nitrogen and oxygen atoms in total. The third-order valence-electron chi connectivity index (χ3n) is 6.22. The first kappa shape index (κ1) is 23.3. The number of para-hydroxylation sites is 1. The minimum atomic E-state index is -0.589. The molecule has 3 amide bonds. The van der Waals surface area contributed by atoms with Gasteiger partial charge in [-0.05, 0) is 30.5 Å². The maximum Gasteiger partial charge on any atom is 0.250 e. The number of halogens is 1. The number of piperidine rings is 1. The van der Waals surface area contributed by atoms with Crippen LogP contribution in [0.1, 0.15) is 30.9 Å². The minimum absolute atomic E-state index is 0.0401. The fourth-order valence-electron chi connectivity index (χ4n) is 4.45. The first-order chi connectivity index (χ1) is 16.0. The van der Waals surface area contributed by atoms with Crippen LogP contribution < -0.4 is 5.32 Å². The van der Waals surface area contributed by atoms with Crippen molar-refractivity contribution < 1.29 is 14.4 Å². The number of anilines is 1. The van der Waals surface area contributed by atoms with Crippen LogP contribution in [-0.4, -0.2) is 71.7 Å². The Morgan fingerprint density at radius 2 is 1.61 bits per heavy atom. The standard InChI is InChI=1S/C25H29ClN4O3/c26-20-10-4-5-11-21(20)27-22(31)18-28-14-16-29(17-15-28)25(33)24(19-8-2-1-3-9-19)30-13-7-6-12-23(30)32/h1-5,8-11,24H,6-7,12-18H2,(H,27,31). The van der Waals surface area contributed by atoms with Crippen LogP contribution in [0, 0.1) is 0 Å². The summed E-state index contributed by atoms with van der Waals surface area (Å²) in [5, 5.41) is 3.34. The van der Waals surface area contributed by atoms with Crippen molar-refractivity contribution in [1.29, 1.82) is 0 Å². The molecule has 0 aromatic heterocycles. The number of likely N-dealkylation sites (tertiary alicyclic amines) is 1. The minimum Gasteiger partial charge on any atom is -0.338 e. The summed E-state index contributed by atoms with van der Waals surface area (Å²) in [5.41, 5.74) is 1.44. The number of nitrogens with one attached hydrogen (secondary N) is 1. The number of hydrogen-bond acceptors (Lipinski definition) is 4. The van der Waals surface area contributed by atoms with Crippen molar-refractivity contribution in [3.05, 3.63) is 65.2 Å². The first-order valence-electron chi connectivity index (χ1n) is 11.4. The number of nitrogens with zero attached hydrogens (tertiary/aromatic N) is 3. The number of benzene rings is 2. The van der Waals surface area contributed by atoms with Gasteiger partial charge in [-0.2, -0.15) is 0 Å². The van der Waals surface area contributed by atoms with Gasteiger partial charge < -0.3 is 15.1 Å². The molecule has 2 saturated heterocycles. The Bertz CT molecular complexity index is 992. The van der Waals surface area contributed by atoms with Crippen LogP contribution in [0.3, 0.4) is 0 Å². The lowest BCUT2D eigenvalue weighted by Gasteiger charge is -2.40. The molecule has 0 spiro atoms. The highest BCUT2D eigenvalue weighted by molar-refractivity contribution is 6.33. The fraction of sp³-hybridized carbons (Fsp3) is 0.400. The molecular weight excluding hydrogens is 440 g/mol. The highest BCUT2D eigenvalue weighted by Crippen LogP contribution is 2.28. The summed E-state index contributed by atoms with van der Waals surface area (Å²) < 4.78 is 0. The maximum atomic E-state index is 13.6. The van der Waals surface area contributed by atoms with Crippen LogP contribution in [0.15, 0.2) is 54.6 Å². The predicted molar refractivity (Wildman–Crippen MR) is 128 cm³/mol. The Balaban J connectivity index is 1.37. The van der Waals surface area contributed by atoms with Gasteiger partial charge in [0.05, 0.1) is 17.3 Å². The predicted octanol–water partition coefficient (Wildman–Crippen LogP) is 3.18. The maximum absolute atomic E-state index is 13.6. The average molecular weight is 469 g/mol. The van der Waals surface area contributed by atoms with Gasteiger partial charge in [-0.1, -0.05) is 54.1 Å². The highest BCUT2D eigenvalue weighted by Gasteiger charge is 2.36. The molecule has 2 aliphatic rings. The summed E-state index contributed by atoms with van der Waals surface area (Å²) in [6, 6.07) is 16.1. The highest BCUT2D eigenvalue weighted by atomic mass is 35.5. The van der Waals surface area contributed by atoms with Crippen LogP contribution in [0.4, 0.5) is 5.69 Å². The Labute approximate surface area is 199 Å². The molecule has 0 bridgehead atoms. The van der Waals surface area contributed by atoms with Crippen molar-refractivity contribution >= 4 is 35.0 Å². The summed E-state index contributed by atoms with van der Waals surface area (Å²) in [5.74, 6) is -0.140. The molecule has 2 aliphatic heterocycles. The SMILES string of the molecule is O=C(CN1CCN(C(=O)C(c2ccccc2)N2CCCCC2=O)CC1)Nc1ccccc1Cl. The van der Waals surface area contributed by atoms with E-state index in [1.807, 2.05) is 52.3 Å². The van der Waals surface area contributed by atoms with Gasteiger partial charge in [-0.25, -0.2) is 0 Å². The Morgan fingerprint density at radius 3 is 2.30 bits per heavy atom. The normalized spacial score (nSPS) is 18.2. The van der Waals surface area contributed by atoms with E-state index in [1.165, 1.54) is 0 Å². The Morgan fingerprint density at radius 1 is 0.909 bits per heavy atom. The van der Waals surface area contributed by atoms with Crippen molar-refractivity contribution in [2.24, 2.45) is 0 Å². The zero-order chi connectivity index (χ0) is 23.2. The number of carbonyl (C=O) groups excluding carboxylic acids is 3. The molecule has 1 N–H and O–H groups in total. The van der Waals surface area contributed by atoms with Gasteiger partial charge in [-0.3, -0.25) is 19.3 Å². The number of amides is 3. The van der Waals surface area contributed by atoms with Crippen molar-refractivity contribution in [3.63, 3.8) is 0 Å². The van der Waals surface area contributed by atoms with E-state index in [1.54, 1.807) is 17.0 Å². The van der Waals surface area contributed by atoms with Crippen molar-refractivity contribution in [2.45, 2.75) is 25.3 Å². The van der Waals surface area contributed by atoms with E-state index >= 15 is 0 Å². The lowest BCUT2D eigenvalue weighted by molar-refractivity contribution is -0.149. The van der Waals surface area contributed by atoms with Gasteiger partial charge in [0.2, 0.25) is 17.7 Å². The molecule has 33 heavy (non-hydrogen) atoms. The van der Waals surface area contributed by atoms with Gasteiger partial charge in [0.1, 0.15) is 6.04 Å². The summed E-state index contributed by atoms with van der Waals surface area (Å²) in [4.78, 5) is 44.2. The van der Waals surface area contributed by atoms with Gasteiger partial charge >= 0.3 is 0 Å². The van der Waals surface area contributed by atoms with Gasteiger partial charge in [-0.15, -0.1) is 0 Å². The van der Waals surface area contributed by atoms with E-state index in [2.05, 4.69) is 5.32 Å². The lowest BCUT2D eigenvalue weighted by Crippen LogP contribution is -2.54. The Kier molecular flexibility index (Phi) is 7.62. The summed E-state index contributed by atoms with van der Waals surface area (Å²) in [6.07, 6.45) is 2.28. The number of piperazine rings is 1. The third-order valence-corrected chi connectivity index (χ3v) is 6.55. The van der Waals surface area contributed by atoms with Crippen LogP contribution in [0.2, 0.25) is 5.02 Å². The number of carbonyl (C=O) groups is 3. The molecule has 1 unspecified atom stereocenters. The van der Waals surface area contributed by atoms with E-state index in [4.69, 9.17) is 11.6 Å². The van der Waals surface area contributed by atoms with Crippen LogP contribution in [-0.2, 0) is 14.4 Å². The second-order valence-corrected chi connectivity index (χ2v) is 8.89. The van der Waals surface area contributed by atoms with Crippen LogP contribution >= 0.6 is 11.6 Å². The van der Waals surface area contributed by atoms with E-state index < -0.39 is 6.04 Å². The molecule has 4 rings (SSSR count). The van der Waals surface area contributed by atoms with Gasteiger partial charge in [0.15, 0.2) is 0 Å². The molecule has 174 valence electrons. The quantitative estimate of drug-likeness (QED) is 0.706. The van der Waals surface area contributed by atoms with Crippen molar-refractivity contribution in [1.82, 2.24) is 14.7 Å². The second-order valence-electron chi connectivity index (χ2n) is 8.49. The summed E-state index contributed by atoms with van der Waals surface area (Å²) >= 11 is 6.12. The van der Waals surface area contributed by atoms with Crippen molar-refractivity contribution in [3.8, 4) is 0 Å².